The topological polar surface area (TPSA) is 57.3 Å². The molecule has 1 amide bonds. The third kappa shape index (κ3) is 4.71. The largest absolute Gasteiger partial charge is 0.382 e. The fourth-order valence-electron chi connectivity index (χ4n) is 2.07. The summed E-state index contributed by atoms with van der Waals surface area (Å²) in [6.07, 6.45) is 2.66. The minimum atomic E-state index is -0.213. The molecule has 0 saturated carbocycles. The fourth-order valence-corrected chi connectivity index (χ4v) is 2.07. The molecule has 5 nitrogen and oxygen atoms in total. The van der Waals surface area contributed by atoms with Crippen molar-refractivity contribution >= 4 is 23.0 Å². The van der Waals surface area contributed by atoms with E-state index in [4.69, 9.17) is 0 Å². The predicted molar refractivity (Wildman–Crippen MR) is 96.3 cm³/mol. The van der Waals surface area contributed by atoms with E-state index in [9.17, 15) is 4.79 Å². The van der Waals surface area contributed by atoms with Gasteiger partial charge in [0.25, 0.3) is 5.91 Å². The molecule has 0 radical (unpaired) electrons. The summed E-state index contributed by atoms with van der Waals surface area (Å²) in [5.41, 5.74) is 3.14. The molecule has 1 atom stereocenters. The van der Waals surface area contributed by atoms with Crippen molar-refractivity contribution < 1.29 is 4.79 Å². The van der Waals surface area contributed by atoms with Gasteiger partial charge in [0, 0.05) is 43.4 Å². The monoisotopic (exact) mass is 312 g/mol. The Morgan fingerprint density at radius 2 is 1.87 bits per heavy atom. The lowest BCUT2D eigenvalue weighted by molar-refractivity contribution is 0.102. The number of pyridine rings is 1. The molecular weight excluding hydrogens is 288 g/mol. The highest BCUT2D eigenvalue weighted by molar-refractivity contribution is 6.03. The molecule has 0 fully saturated rings. The number of nitrogens with zero attached hydrogens (tertiary/aromatic N) is 2. The Balaban J connectivity index is 2.06. The molecule has 23 heavy (non-hydrogen) atoms. The van der Waals surface area contributed by atoms with Gasteiger partial charge in [-0.25, -0.2) is 0 Å². The maximum Gasteiger partial charge on any atom is 0.274 e. The first-order chi connectivity index (χ1) is 11.0. The number of carbonyl (C=O) groups excluding carboxylic acids is 1. The molecule has 5 heteroatoms. The van der Waals surface area contributed by atoms with Gasteiger partial charge in [-0.2, -0.15) is 0 Å². The summed E-state index contributed by atoms with van der Waals surface area (Å²) in [5, 5.41) is 6.22. The van der Waals surface area contributed by atoms with Gasteiger partial charge in [0.2, 0.25) is 0 Å². The minimum Gasteiger partial charge on any atom is -0.382 e. The lowest BCUT2D eigenvalue weighted by Crippen LogP contribution is -2.16. The van der Waals surface area contributed by atoms with Gasteiger partial charge in [-0.1, -0.05) is 6.92 Å². The van der Waals surface area contributed by atoms with Gasteiger partial charge in [0.15, 0.2) is 0 Å². The number of carbonyl (C=O) groups is 1. The van der Waals surface area contributed by atoms with Gasteiger partial charge in [-0.15, -0.1) is 0 Å². The van der Waals surface area contributed by atoms with Crippen LogP contribution >= 0.6 is 0 Å². The van der Waals surface area contributed by atoms with Gasteiger partial charge < -0.3 is 15.5 Å². The second-order valence-electron chi connectivity index (χ2n) is 5.78. The van der Waals surface area contributed by atoms with Crippen molar-refractivity contribution in [3.05, 3.63) is 48.3 Å². The maximum absolute atomic E-state index is 12.3. The zero-order valence-corrected chi connectivity index (χ0v) is 14.1. The lowest BCUT2D eigenvalue weighted by atomic mass is 10.2. The summed E-state index contributed by atoms with van der Waals surface area (Å²) in [6, 6.07) is 11.7. The molecule has 1 aromatic heterocycles. The third-order valence-corrected chi connectivity index (χ3v) is 3.66. The van der Waals surface area contributed by atoms with E-state index < -0.39 is 0 Å². The Bertz CT molecular complexity index is 652. The molecule has 1 aromatic carbocycles. The van der Waals surface area contributed by atoms with Crippen molar-refractivity contribution in [1.29, 1.82) is 0 Å². The molecule has 0 aliphatic heterocycles. The van der Waals surface area contributed by atoms with Gasteiger partial charge in [-0.05, 0) is 49.7 Å². The van der Waals surface area contributed by atoms with Crippen LogP contribution in [0.25, 0.3) is 0 Å². The Kier molecular flexibility index (Phi) is 5.57. The van der Waals surface area contributed by atoms with Gasteiger partial charge in [-0.3, -0.25) is 9.78 Å². The number of benzene rings is 1. The Morgan fingerprint density at radius 3 is 2.48 bits per heavy atom. The maximum atomic E-state index is 12.3. The van der Waals surface area contributed by atoms with Gasteiger partial charge in [0.05, 0.1) is 0 Å². The van der Waals surface area contributed by atoms with Crippen molar-refractivity contribution in [2.24, 2.45) is 0 Å². The highest BCUT2D eigenvalue weighted by Gasteiger charge is 2.09. The van der Waals surface area contributed by atoms with E-state index in [0.717, 1.165) is 23.5 Å². The molecule has 0 aliphatic rings. The summed E-state index contributed by atoms with van der Waals surface area (Å²) >= 11 is 0. The molecule has 1 heterocycles. The smallest absolute Gasteiger partial charge is 0.274 e. The van der Waals surface area contributed by atoms with Crippen LogP contribution in [0.15, 0.2) is 42.6 Å². The minimum absolute atomic E-state index is 0.213. The highest BCUT2D eigenvalue weighted by atomic mass is 16.1. The average molecular weight is 312 g/mol. The fraction of sp³-hybridized carbons (Fsp3) is 0.333. The first-order valence-electron chi connectivity index (χ1n) is 7.81. The Hall–Kier alpha value is -2.56. The number of rotatable bonds is 6. The van der Waals surface area contributed by atoms with Crippen LogP contribution in [0.5, 0.6) is 0 Å². The molecule has 0 bridgehead atoms. The molecule has 0 saturated heterocycles. The highest BCUT2D eigenvalue weighted by Crippen LogP contribution is 2.17. The van der Waals surface area contributed by atoms with E-state index in [1.807, 2.05) is 49.3 Å². The van der Waals surface area contributed by atoms with Crippen LogP contribution in [0, 0.1) is 0 Å². The standard InChI is InChI=1S/C18H24N4O/c1-5-13(2)20-15-10-11-19-17(12-15)18(23)21-14-6-8-16(9-7-14)22(3)4/h6-13H,5H2,1-4H3,(H,19,20)(H,21,23). The summed E-state index contributed by atoms with van der Waals surface area (Å²) in [4.78, 5) is 18.5. The van der Waals surface area contributed by atoms with Crippen molar-refractivity contribution in [2.45, 2.75) is 26.3 Å². The number of nitrogens with one attached hydrogen (secondary N) is 2. The number of anilines is 3. The Labute approximate surface area is 137 Å². The summed E-state index contributed by atoms with van der Waals surface area (Å²) in [7, 11) is 3.96. The van der Waals surface area contributed by atoms with Crippen LogP contribution in [0.2, 0.25) is 0 Å². The molecular formula is C18H24N4O. The number of aromatic nitrogens is 1. The third-order valence-electron chi connectivity index (χ3n) is 3.66. The molecule has 2 N–H and O–H groups in total. The summed E-state index contributed by atoms with van der Waals surface area (Å²) in [6.45, 7) is 4.22. The van der Waals surface area contributed by atoms with E-state index >= 15 is 0 Å². The first kappa shape index (κ1) is 16.8. The second-order valence-corrected chi connectivity index (χ2v) is 5.78. The van der Waals surface area contributed by atoms with Crippen LogP contribution in [0.1, 0.15) is 30.8 Å². The van der Waals surface area contributed by atoms with Crippen molar-refractivity contribution in [3.63, 3.8) is 0 Å². The average Bonchev–Trinajstić information content (AvgIpc) is 2.55. The molecule has 0 aliphatic carbocycles. The van der Waals surface area contributed by atoms with Crippen molar-refractivity contribution in [3.8, 4) is 0 Å². The van der Waals surface area contributed by atoms with Crippen molar-refractivity contribution in [2.75, 3.05) is 29.6 Å². The van der Waals surface area contributed by atoms with Crippen LogP contribution in [-0.4, -0.2) is 31.0 Å². The van der Waals surface area contributed by atoms with E-state index in [1.54, 1.807) is 12.3 Å². The quantitative estimate of drug-likeness (QED) is 0.855. The molecule has 2 aromatic rings. The van der Waals surface area contributed by atoms with E-state index in [1.165, 1.54) is 0 Å². The molecule has 2 rings (SSSR count). The van der Waals surface area contributed by atoms with E-state index in [0.29, 0.717) is 11.7 Å². The SMILES string of the molecule is CCC(C)Nc1ccnc(C(=O)Nc2ccc(N(C)C)cc2)c1. The zero-order chi connectivity index (χ0) is 16.8. The summed E-state index contributed by atoms with van der Waals surface area (Å²) in [5.74, 6) is -0.213. The normalized spacial score (nSPS) is 11.7. The second kappa shape index (κ2) is 7.63. The van der Waals surface area contributed by atoms with Gasteiger partial charge in [0.1, 0.15) is 5.69 Å². The Morgan fingerprint density at radius 1 is 1.17 bits per heavy atom. The number of hydrogen-bond donors (Lipinski definition) is 2. The predicted octanol–water partition coefficient (Wildman–Crippen LogP) is 3.61. The van der Waals surface area contributed by atoms with Crippen LogP contribution in [-0.2, 0) is 0 Å². The number of hydrogen-bond acceptors (Lipinski definition) is 4. The van der Waals surface area contributed by atoms with E-state index in [2.05, 4.69) is 29.5 Å². The van der Waals surface area contributed by atoms with E-state index in [-0.39, 0.29) is 5.91 Å². The number of amides is 1. The first-order valence-corrected chi connectivity index (χ1v) is 7.81. The molecule has 122 valence electrons. The zero-order valence-electron chi connectivity index (χ0n) is 14.1. The van der Waals surface area contributed by atoms with Crippen molar-refractivity contribution in [1.82, 2.24) is 4.98 Å². The van der Waals surface area contributed by atoms with Crippen LogP contribution in [0.3, 0.4) is 0 Å². The molecule has 0 spiro atoms. The van der Waals surface area contributed by atoms with Crippen LogP contribution in [0.4, 0.5) is 17.1 Å². The molecule has 1 unspecified atom stereocenters. The van der Waals surface area contributed by atoms with Crippen LogP contribution < -0.4 is 15.5 Å². The lowest BCUT2D eigenvalue weighted by Gasteiger charge is -2.14. The summed E-state index contributed by atoms with van der Waals surface area (Å²) < 4.78 is 0. The van der Waals surface area contributed by atoms with Gasteiger partial charge >= 0.3 is 0 Å².